The molecule has 0 bridgehead atoms. The summed E-state index contributed by atoms with van der Waals surface area (Å²) in [5.41, 5.74) is 1.82. The molecule has 23 heavy (non-hydrogen) atoms. The van der Waals surface area contributed by atoms with Gasteiger partial charge in [-0.2, -0.15) is 0 Å². The number of methoxy groups -OCH3 is 1. The minimum absolute atomic E-state index is 0.348. The summed E-state index contributed by atoms with van der Waals surface area (Å²) in [6, 6.07) is 5.91. The van der Waals surface area contributed by atoms with Gasteiger partial charge in [-0.15, -0.1) is 0 Å². The van der Waals surface area contributed by atoms with E-state index >= 15 is 0 Å². The summed E-state index contributed by atoms with van der Waals surface area (Å²) in [6.07, 6.45) is 4.70. The Morgan fingerprint density at radius 2 is 1.96 bits per heavy atom. The van der Waals surface area contributed by atoms with Crippen molar-refractivity contribution < 1.29 is 24.2 Å². The highest BCUT2D eigenvalue weighted by Crippen LogP contribution is 2.37. The van der Waals surface area contributed by atoms with Crippen LogP contribution in [-0.4, -0.2) is 49.7 Å². The largest absolute Gasteiger partial charge is 0.490 e. The Morgan fingerprint density at radius 3 is 2.57 bits per heavy atom. The molecule has 2 rings (SSSR count). The molecular formula is C18H28NO4+. The lowest BCUT2D eigenvalue weighted by molar-refractivity contribution is -0.706. The zero-order valence-corrected chi connectivity index (χ0v) is 14.2. The summed E-state index contributed by atoms with van der Waals surface area (Å²) in [4.78, 5) is 0. The zero-order valence-electron chi connectivity index (χ0n) is 14.2. The second kappa shape index (κ2) is 8.89. The van der Waals surface area contributed by atoms with Crippen LogP contribution in [0.1, 0.15) is 44.1 Å². The van der Waals surface area contributed by atoms with Crippen molar-refractivity contribution in [2.45, 2.75) is 44.6 Å². The van der Waals surface area contributed by atoms with Gasteiger partial charge in [0.25, 0.3) is 5.69 Å². The van der Waals surface area contributed by atoms with E-state index in [-0.39, 0.29) is 0 Å². The van der Waals surface area contributed by atoms with E-state index in [1.54, 1.807) is 7.11 Å². The average Bonchev–Trinajstić information content (AvgIpc) is 2.58. The number of hydrogen-bond donors (Lipinski definition) is 1. The molecule has 1 saturated carbocycles. The molecule has 0 amide bonds. The maximum absolute atomic E-state index is 9.51. The van der Waals surface area contributed by atoms with Crippen LogP contribution < -0.4 is 4.74 Å². The van der Waals surface area contributed by atoms with Gasteiger partial charge in [0.15, 0.2) is 12.5 Å². The van der Waals surface area contributed by atoms with Gasteiger partial charge in [-0.1, -0.05) is 6.07 Å². The van der Waals surface area contributed by atoms with Gasteiger partial charge in [0, 0.05) is 17.4 Å². The SMILES string of the molecule is C=[N+](O)c1ccc(C2CCC(OCCOCC)CC2)cc1OC. The molecule has 0 aromatic heterocycles. The second-order valence-electron chi connectivity index (χ2n) is 5.87. The van der Waals surface area contributed by atoms with Gasteiger partial charge in [0.1, 0.15) is 0 Å². The van der Waals surface area contributed by atoms with E-state index in [0.29, 0.717) is 36.7 Å². The van der Waals surface area contributed by atoms with Crippen LogP contribution in [0, 0.1) is 0 Å². The van der Waals surface area contributed by atoms with Crippen molar-refractivity contribution in [3.8, 4) is 5.75 Å². The van der Waals surface area contributed by atoms with Gasteiger partial charge >= 0.3 is 0 Å². The molecular weight excluding hydrogens is 294 g/mol. The molecule has 1 aromatic rings. The summed E-state index contributed by atoms with van der Waals surface area (Å²) in [5, 5.41) is 9.51. The molecule has 0 spiro atoms. The summed E-state index contributed by atoms with van der Waals surface area (Å²) < 4.78 is 17.4. The van der Waals surface area contributed by atoms with Crippen LogP contribution in [0.5, 0.6) is 5.75 Å². The topological polar surface area (TPSA) is 50.9 Å². The van der Waals surface area contributed by atoms with E-state index in [1.807, 2.05) is 25.1 Å². The number of rotatable bonds is 8. The van der Waals surface area contributed by atoms with E-state index < -0.39 is 0 Å². The molecule has 0 aliphatic heterocycles. The van der Waals surface area contributed by atoms with Crippen LogP contribution in [0.4, 0.5) is 5.69 Å². The minimum Gasteiger partial charge on any atom is -0.490 e. The highest BCUT2D eigenvalue weighted by atomic mass is 16.5. The molecule has 1 aliphatic carbocycles. The van der Waals surface area contributed by atoms with E-state index in [2.05, 4.69) is 6.72 Å². The van der Waals surface area contributed by atoms with Crippen LogP contribution in [0.25, 0.3) is 0 Å². The first-order valence-electron chi connectivity index (χ1n) is 8.32. The van der Waals surface area contributed by atoms with E-state index in [4.69, 9.17) is 14.2 Å². The fourth-order valence-electron chi connectivity index (χ4n) is 3.14. The standard InChI is InChI=1S/C18H28NO4/c1-4-22-11-12-23-16-8-5-14(6-9-16)15-7-10-17(19(2)20)18(13-15)21-3/h7,10,13-14,16,20H,2,4-6,8-9,11-12H2,1,3H3/q+1. The van der Waals surface area contributed by atoms with Crippen LogP contribution in [0.2, 0.25) is 0 Å². The van der Waals surface area contributed by atoms with Gasteiger partial charge in [0.2, 0.25) is 0 Å². The Hall–Kier alpha value is -1.59. The predicted octanol–water partition coefficient (Wildman–Crippen LogP) is 3.51. The molecule has 1 aliphatic rings. The third-order valence-corrected chi connectivity index (χ3v) is 4.41. The van der Waals surface area contributed by atoms with Gasteiger partial charge in [-0.25, -0.2) is 0 Å². The minimum atomic E-state index is 0.348. The molecule has 128 valence electrons. The van der Waals surface area contributed by atoms with Crippen molar-refractivity contribution in [2.24, 2.45) is 0 Å². The Labute approximate surface area is 138 Å². The monoisotopic (exact) mass is 322 g/mol. The first-order valence-corrected chi connectivity index (χ1v) is 8.32. The lowest BCUT2D eigenvalue weighted by Gasteiger charge is -2.29. The Kier molecular flexibility index (Phi) is 6.86. The highest BCUT2D eigenvalue weighted by molar-refractivity contribution is 5.50. The quantitative estimate of drug-likeness (QED) is 0.262. The van der Waals surface area contributed by atoms with Crippen molar-refractivity contribution in [2.75, 3.05) is 26.9 Å². The van der Waals surface area contributed by atoms with E-state index in [1.165, 1.54) is 5.56 Å². The Bertz CT molecular complexity index is 510. The molecule has 1 aromatic carbocycles. The summed E-state index contributed by atoms with van der Waals surface area (Å²) >= 11 is 0. The molecule has 5 heteroatoms. The van der Waals surface area contributed by atoms with Crippen LogP contribution >= 0.6 is 0 Å². The smallest absolute Gasteiger partial charge is 0.298 e. The molecule has 0 heterocycles. The number of ether oxygens (including phenoxy) is 3. The van der Waals surface area contributed by atoms with Crippen molar-refractivity contribution >= 4 is 12.4 Å². The molecule has 1 N–H and O–H groups in total. The molecule has 1 fully saturated rings. The summed E-state index contributed by atoms with van der Waals surface area (Å²) in [5.74, 6) is 1.16. The third kappa shape index (κ3) is 4.94. The van der Waals surface area contributed by atoms with E-state index in [0.717, 1.165) is 37.0 Å². The predicted molar refractivity (Wildman–Crippen MR) is 89.3 cm³/mol. The van der Waals surface area contributed by atoms with E-state index in [9.17, 15) is 5.21 Å². The van der Waals surface area contributed by atoms with Gasteiger partial charge in [-0.3, -0.25) is 5.21 Å². The summed E-state index contributed by atoms with van der Waals surface area (Å²) in [6.45, 7) is 7.59. The molecule has 5 nitrogen and oxygen atoms in total. The Balaban J connectivity index is 1.88. The van der Waals surface area contributed by atoms with Gasteiger partial charge < -0.3 is 14.2 Å². The fourth-order valence-corrected chi connectivity index (χ4v) is 3.14. The maximum atomic E-state index is 9.51. The van der Waals surface area contributed by atoms with Crippen molar-refractivity contribution in [1.29, 1.82) is 0 Å². The second-order valence-corrected chi connectivity index (χ2v) is 5.87. The van der Waals surface area contributed by atoms with Crippen molar-refractivity contribution in [3.05, 3.63) is 23.8 Å². The Morgan fingerprint density at radius 1 is 1.22 bits per heavy atom. The maximum Gasteiger partial charge on any atom is 0.298 e. The number of hydrogen-bond acceptors (Lipinski definition) is 4. The number of nitrogens with zero attached hydrogens (tertiary/aromatic N) is 1. The molecule has 0 atom stereocenters. The van der Waals surface area contributed by atoms with Gasteiger partial charge in [-0.05, 0) is 50.2 Å². The van der Waals surface area contributed by atoms with Crippen molar-refractivity contribution in [1.82, 2.24) is 0 Å². The highest BCUT2D eigenvalue weighted by Gasteiger charge is 2.24. The molecule has 0 radical (unpaired) electrons. The average molecular weight is 322 g/mol. The number of benzene rings is 1. The van der Waals surface area contributed by atoms with Crippen LogP contribution in [0.3, 0.4) is 0 Å². The third-order valence-electron chi connectivity index (χ3n) is 4.41. The normalized spacial score (nSPS) is 21.1. The summed E-state index contributed by atoms with van der Waals surface area (Å²) in [7, 11) is 1.61. The first kappa shape index (κ1) is 17.8. The van der Waals surface area contributed by atoms with Gasteiger partial charge in [0.05, 0.1) is 26.4 Å². The zero-order chi connectivity index (χ0) is 16.7. The first-order chi connectivity index (χ1) is 11.2. The van der Waals surface area contributed by atoms with Crippen LogP contribution in [-0.2, 0) is 9.47 Å². The lowest BCUT2D eigenvalue weighted by atomic mass is 9.82. The lowest BCUT2D eigenvalue weighted by Crippen LogP contribution is -2.22. The molecule has 0 unspecified atom stereocenters. The fraction of sp³-hybridized carbons (Fsp3) is 0.611. The van der Waals surface area contributed by atoms with Crippen molar-refractivity contribution in [3.63, 3.8) is 0 Å². The van der Waals surface area contributed by atoms with Crippen LogP contribution in [0.15, 0.2) is 18.2 Å². The molecule has 0 saturated heterocycles.